The Bertz CT molecular complexity index is 197. The molecule has 0 aromatic carbocycles. The minimum absolute atomic E-state index is 0.0678. The first-order valence-corrected chi connectivity index (χ1v) is 5.40. The lowest BCUT2D eigenvalue weighted by atomic mass is 9.94. The van der Waals surface area contributed by atoms with Crippen LogP contribution in [0.1, 0.15) is 25.7 Å². The summed E-state index contributed by atoms with van der Waals surface area (Å²) in [5, 5.41) is 3.54. The molecule has 3 aliphatic heterocycles. The fourth-order valence-corrected chi connectivity index (χ4v) is 3.27. The molecule has 1 spiro atoms. The van der Waals surface area contributed by atoms with E-state index < -0.39 is 0 Å². The van der Waals surface area contributed by atoms with Gasteiger partial charge in [0.05, 0.1) is 6.61 Å². The van der Waals surface area contributed by atoms with E-state index >= 15 is 0 Å². The zero-order valence-corrected chi connectivity index (χ0v) is 8.25. The predicted molar refractivity (Wildman–Crippen MR) is 50.5 cm³/mol. The monoisotopic (exact) mass is 182 g/mol. The second-order valence-electron chi connectivity index (χ2n) is 4.73. The molecule has 2 bridgehead atoms. The lowest BCUT2D eigenvalue weighted by molar-refractivity contribution is -0.0750. The van der Waals surface area contributed by atoms with Crippen LogP contribution >= 0.6 is 0 Å². The molecule has 3 aliphatic rings. The second-order valence-corrected chi connectivity index (χ2v) is 4.73. The van der Waals surface area contributed by atoms with Gasteiger partial charge < -0.3 is 9.64 Å². The quantitative estimate of drug-likeness (QED) is 0.592. The highest BCUT2D eigenvalue weighted by atomic mass is 16.5. The van der Waals surface area contributed by atoms with Crippen LogP contribution in [0.25, 0.3) is 0 Å². The van der Waals surface area contributed by atoms with E-state index in [4.69, 9.17) is 4.74 Å². The van der Waals surface area contributed by atoms with Gasteiger partial charge in [-0.05, 0) is 19.9 Å². The number of hydrogen-bond acceptors (Lipinski definition) is 3. The zero-order chi connectivity index (χ0) is 8.89. The van der Waals surface area contributed by atoms with Crippen LogP contribution in [-0.4, -0.2) is 42.9 Å². The maximum absolute atomic E-state index is 5.87. The Hall–Kier alpha value is -0.120. The van der Waals surface area contributed by atoms with Gasteiger partial charge in [0.25, 0.3) is 0 Å². The average Bonchev–Trinajstić information content (AvgIpc) is 2.60. The van der Waals surface area contributed by atoms with Gasteiger partial charge in [-0.3, -0.25) is 5.32 Å². The fourth-order valence-electron chi connectivity index (χ4n) is 3.27. The summed E-state index contributed by atoms with van der Waals surface area (Å²) in [6.07, 6.45) is 5.13. The van der Waals surface area contributed by atoms with Crippen LogP contribution in [0.4, 0.5) is 0 Å². The molecule has 0 radical (unpaired) electrons. The molecule has 74 valence electrons. The van der Waals surface area contributed by atoms with Gasteiger partial charge in [0.15, 0.2) is 0 Å². The standard InChI is InChI=1S/C10H18N2O/c1-12-8-2-3-9(12)7-10(6-8)11-4-5-13-10/h8-9,11H,2-7H2,1H3/t8-,9+,10?. The summed E-state index contributed by atoms with van der Waals surface area (Å²) >= 11 is 0. The summed E-state index contributed by atoms with van der Waals surface area (Å²) in [5.41, 5.74) is 0.0678. The highest BCUT2D eigenvalue weighted by Gasteiger charge is 2.48. The Labute approximate surface area is 79.4 Å². The summed E-state index contributed by atoms with van der Waals surface area (Å²) in [4.78, 5) is 2.55. The first-order chi connectivity index (χ1) is 6.29. The Kier molecular flexibility index (Phi) is 1.70. The third-order valence-electron chi connectivity index (χ3n) is 4.04. The number of piperidine rings is 1. The van der Waals surface area contributed by atoms with Gasteiger partial charge in [-0.15, -0.1) is 0 Å². The van der Waals surface area contributed by atoms with E-state index in [9.17, 15) is 0 Å². The molecule has 3 heteroatoms. The maximum Gasteiger partial charge on any atom is 0.122 e. The Balaban J connectivity index is 1.82. The SMILES string of the molecule is CN1[C@@H]2CC[C@H]1CC1(C2)NCCO1. The maximum atomic E-state index is 5.87. The van der Waals surface area contributed by atoms with Gasteiger partial charge in [0.1, 0.15) is 5.72 Å². The van der Waals surface area contributed by atoms with E-state index in [-0.39, 0.29) is 5.72 Å². The molecule has 13 heavy (non-hydrogen) atoms. The highest BCUT2D eigenvalue weighted by Crippen LogP contribution is 2.41. The Morgan fingerprint density at radius 2 is 2.00 bits per heavy atom. The second kappa shape index (κ2) is 2.69. The van der Waals surface area contributed by atoms with Crippen LogP contribution in [-0.2, 0) is 4.74 Å². The van der Waals surface area contributed by atoms with Crippen LogP contribution in [0.3, 0.4) is 0 Å². The van der Waals surface area contributed by atoms with E-state index in [0.29, 0.717) is 0 Å². The zero-order valence-electron chi connectivity index (χ0n) is 8.25. The number of ether oxygens (including phenoxy) is 1. The van der Waals surface area contributed by atoms with Crippen molar-refractivity contribution < 1.29 is 4.74 Å². The van der Waals surface area contributed by atoms with Crippen molar-refractivity contribution in [2.75, 3.05) is 20.2 Å². The minimum atomic E-state index is 0.0678. The van der Waals surface area contributed by atoms with Crippen LogP contribution in [0.2, 0.25) is 0 Å². The summed E-state index contributed by atoms with van der Waals surface area (Å²) in [6.45, 7) is 1.95. The molecule has 0 saturated carbocycles. The van der Waals surface area contributed by atoms with Crippen molar-refractivity contribution in [3.05, 3.63) is 0 Å². The molecule has 1 N–H and O–H groups in total. The molecule has 3 nitrogen and oxygen atoms in total. The van der Waals surface area contributed by atoms with Gasteiger partial charge in [-0.2, -0.15) is 0 Å². The lowest BCUT2D eigenvalue weighted by Crippen LogP contribution is -2.54. The molecule has 0 amide bonds. The summed E-state index contributed by atoms with van der Waals surface area (Å²) in [5.74, 6) is 0. The van der Waals surface area contributed by atoms with Crippen molar-refractivity contribution in [1.29, 1.82) is 0 Å². The molecule has 3 atom stereocenters. The van der Waals surface area contributed by atoms with Crippen molar-refractivity contribution in [3.63, 3.8) is 0 Å². The van der Waals surface area contributed by atoms with Gasteiger partial charge in [0, 0.05) is 31.5 Å². The van der Waals surface area contributed by atoms with E-state index in [2.05, 4.69) is 17.3 Å². The van der Waals surface area contributed by atoms with E-state index in [0.717, 1.165) is 25.2 Å². The molecule has 0 aromatic rings. The van der Waals surface area contributed by atoms with Crippen LogP contribution < -0.4 is 5.32 Å². The molecule has 3 fully saturated rings. The van der Waals surface area contributed by atoms with Crippen molar-refractivity contribution in [1.82, 2.24) is 10.2 Å². The van der Waals surface area contributed by atoms with E-state index in [1.807, 2.05) is 0 Å². The van der Waals surface area contributed by atoms with Crippen molar-refractivity contribution >= 4 is 0 Å². The van der Waals surface area contributed by atoms with Gasteiger partial charge in [0.2, 0.25) is 0 Å². The fraction of sp³-hybridized carbons (Fsp3) is 1.00. The number of nitrogens with zero attached hydrogens (tertiary/aromatic N) is 1. The molecule has 0 aromatic heterocycles. The molecule has 1 unspecified atom stereocenters. The molecule has 3 saturated heterocycles. The van der Waals surface area contributed by atoms with E-state index in [1.165, 1.54) is 25.7 Å². The van der Waals surface area contributed by atoms with Gasteiger partial charge >= 0.3 is 0 Å². The predicted octanol–water partition coefficient (Wildman–Crippen LogP) is 0.559. The number of nitrogens with one attached hydrogen (secondary N) is 1. The molecule has 0 aliphatic carbocycles. The molecule has 3 heterocycles. The first-order valence-electron chi connectivity index (χ1n) is 5.40. The van der Waals surface area contributed by atoms with Crippen molar-refractivity contribution in [2.45, 2.75) is 43.5 Å². The topological polar surface area (TPSA) is 24.5 Å². The molecular weight excluding hydrogens is 164 g/mol. The summed E-state index contributed by atoms with van der Waals surface area (Å²) < 4.78 is 5.87. The van der Waals surface area contributed by atoms with Crippen LogP contribution in [0, 0.1) is 0 Å². The molecular formula is C10H18N2O. The minimum Gasteiger partial charge on any atom is -0.359 e. The largest absolute Gasteiger partial charge is 0.359 e. The van der Waals surface area contributed by atoms with Crippen LogP contribution in [0.15, 0.2) is 0 Å². The van der Waals surface area contributed by atoms with E-state index in [1.54, 1.807) is 0 Å². The van der Waals surface area contributed by atoms with Crippen LogP contribution in [0.5, 0.6) is 0 Å². The van der Waals surface area contributed by atoms with Crippen molar-refractivity contribution in [2.24, 2.45) is 0 Å². The number of hydrogen-bond donors (Lipinski definition) is 1. The number of rotatable bonds is 0. The first kappa shape index (κ1) is 8.21. The normalized spacial score (nSPS) is 50.5. The lowest BCUT2D eigenvalue weighted by Gasteiger charge is -2.42. The molecule has 3 rings (SSSR count). The summed E-state index contributed by atoms with van der Waals surface area (Å²) in [7, 11) is 2.27. The third-order valence-corrected chi connectivity index (χ3v) is 4.04. The van der Waals surface area contributed by atoms with Crippen molar-refractivity contribution in [3.8, 4) is 0 Å². The Morgan fingerprint density at radius 3 is 2.54 bits per heavy atom. The Morgan fingerprint density at radius 1 is 1.31 bits per heavy atom. The summed E-state index contributed by atoms with van der Waals surface area (Å²) in [6, 6.07) is 1.54. The smallest absolute Gasteiger partial charge is 0.122 e. The average molecular weight is 182 g/mol. The highest BCUT2D eigenvalue weighted by molar-refractivity contribution is 5.01. The third kappa shape index (κ3) is 1.14. The van der Waals surface area contributed by atoms with Gasteiger partial charge in [-0.25, -0.2) is 0 Å². The number of fused-ring (bicyclic) bond motifs is 2. The van der Waals surface area contributed by atoms with Gasteiger partial charge in [-0.1, -0.05) is 0 Å².